The number of nitrogens with zero attached hydrogens (tertiary/aromatic N) is 2. The van der Waals surface area contributed by atoms with Gasteiger partial charge in [0.05, 0.1) is 12.6 Å². The van der Waals surface area contributed by atoms with Crippen molar-refractivity contribution in [3.8, 4) is 17.1 Å². The molecule has 0 bridgehead atoms. The maximum Gasteiger partial charge on any atom is 0.214 e. The topological polar surface area (TPSA) is 54.9 Å². The summed E-state index contributed by atoms with van der Waals surface area (Å²) in [6.45, 7) is 4.48. The number of halogens is 1. The van der Waals surface area contributed by atoms with Crippen molar-refractivity contribution in [2.45, 2.75) is 26.5 Å². The fourth-order valence-electron chi connectivity index (χ4n) is 2.44. The second kappa shape index (κ2) is 7.72. The van der Waals surface area contributed by atoms with E-state index in [0.29, 0.717) is 16.3 Å². The zero-order chi connectivity index (χ0) is 17.8. The number of aromatic amines is 1. The Morgan fingerprint density at radius 3 is 2.72 bits per heavy atom. The van der Waals surface area contributed by atoms with Crippen LogP contribution < -0.4 is 10.2 Å². The highest BCUT2D eigenvalue weighted by Crippen LogP contribution is 2.24. The van der Waals surface area contributed by atoms with Crippen LogP contribution >= 0.6 is 23.8 Å². The highest BCUT2D eigenvalue weighted by Gasteiger charge is 2.11. The van der Waals surface area contributed by atoms with E-state index in [-0.39, 0.29) is 6.10 Å². The monoisotopic (exact) mass is 374 g/mol. The summed E-state index contributed by atoms with van der Waals surface area (Å²) < 4.78 is 8.11. The molecule has 0 aliphatic heterocycles. The fraction of sp³-hybridized carbons (Fsp3) is 0.222. The minimum Gasteiger partial charge on any atom is -0.491 e. The van der Waals surface area contributed by atoms with Crippen molar-refractivity contribution < 1.29 is 4.74 Å². The molecule has 0 aliphatic carbocycles. The van der Waals surface area contributed by atoms with Gasteiger partial charge < -0.3 is 10.2 Å². The molecular formula is C18H19ClN4OS. The highest BCUT2D eigenvalue weighted by molar-refractivity contribution is 7.71. The zero-order valence-corrected chi connectivity index (χ0v) is 15.6. The third kappa shape index (κ3) is 4.21. The van der Waals surface area contributed by atoms with Crippen LogP contribution in [0.25, 0.3) is 11.4 Å². The first-order valence-corrected chi connectivity index (χ1v) is 8.75. The van der Waals surface area contributed by atoms with Gasteiger partial charge in [0.1, 0.15) is 5.75 Å². The molecule has 1 aromatic heterocycles. The van der Waals surface area contributed by atoms with E-state index in [9.17, 15) is 0 Å². The molecule has 7 heteroatoms. The van der Waals surface area contributed by atoms with Gasteiger partial charge in [0.15, 0.2) is 5.82 Å². The van der Waals surface area contributed by atoms with Crippen LogP contribution in [0.3, 0.4) is 0 Å². The molecule has 3 rings (SSSR count). The van der Waals surface area contributed by atoms with E-state index in [4.69, 9.17) is 28.6 Å². The molecule has 2 N–H and O–H groups in total. The SMILES string of the molecule is CC(C)Oc1ccc(Cl)cc1CNn1c(-c2ccccc2)n[nH]c1=S. The molecule has 0 saturated carbocycles. The molecule has 0 fully saturated rings. The summed E-state index contributed by atoms with van der Waals surface area (Å²) in [6, 6.07) is 15.4. The quantitative estimate of drug-likeness (QED) is 0.609. The molecule has 0 unspecified atom stereocenters. The number of aromatic nitrogens is 3. The summed E-state index contributed by atoms with van der Waals surface area (Å²) in [5.41, 5.74) is 5.21. The van der Waals surface area contributed by atoms with Crippen molar-refractivity contribution in [1.29, 1.82) is 0 Å². The van der Waals surface area contributed by atoms with Gasteiger partial charge in [0, 0.05) is 16.1 Å². The number of ether oxygens (including phenoxy) is 1. The lowest BCUT2D eigenvalue weighted by atomic mass is 10.2. The number of rotatable bonds is 6. The van der Waals surface area contributed by atoms with Crippen molar-refractivity contribution >= 4 is 23.8 Å². The zero-order valence-electron chi connectivity index (χ0n) is 14.0. The summed E-state index contributed by atoms with van der Waals surface area (Å²) in [7, 11) is 0. The number of hydrogen-bond acceptors (Lipinski definition) is 4. The van der Waals surface area contributed by atoms with Gasteiger partial charge in [-0.3, -0.25) is 0 Å². The van der Waals surface area contributed by atoms with E-state index in [2.05, 4.69) is 15.6 Å². The lowest BCUT2D eigenvalue weighted by molar-refractivity contribution is 0.240. The molecule has 3 aromatic rings. The van der Waals surface area contributed by atoms with Crippen LogP contribution in [0.5, 0.6) is 5.75 Å². The standard InChI is InChI=1S/C18H19ClN4OS/c1-12(2)24-16-9-8-15(19)10-14(16)11-20-23-17(21-22-18(23)25)13-6-4-3-5-7-13/h3-10,12,20H,11H2,1-2H3,(H,22,25). The molecule has 5 nitrogen and oxygen atoms in total. The van der Waals surface area contributed by atoms with Gasteiger partial charge in [-0.05, 0) is 44.3 Å². The molecule has 0 saturated heterocycles. The maximum absolute atomic E-state index is 6.14. The van der Waals surface area contributed by atoms with E-state index >= 15 is 0 Å². The van der Waals surface area contributed by atoms with Gasteiger partial charge in [-0.15, -0.1) is 0 Å². The van der Waals surface area contributed by atoms with E-state index in [1.54, 1.807) is 4.68 Å². The first-order chi connectivity index (χ1) is 12.0. The number of hydrogen-bond donors (Lipinski definition) is 2. The van der Waals surface area contributed by atoms with Crippen LogP contribution in [-0.2, 0) is 6.54 Å². The van der Waals surface area contributed by atoms with Crippen LogP contribution in [0.15, 0.2) is 48.5 Å². The summed E-state index contributed by atoms with van der Waals surface area (Å²) in [5.74, 6) is 1.52. The smallest absolute Gasteiger partial charge is 0.214 e. The van der Waals surface area contributed by atoms with Gasteiger partial charge in [-0.25, -0.2) is 9.77 Å². The maximum atomic E-state index is 6.14. The Kier molecular flexibility index (Phi) is 5.40. The predicted octanol–water partition coefficient (Wildman–Crippen LogP) is 4.79. The third-order valence-electron chi connectivity index (χ3n) is 3.52. The molecule has 1 heterocycles. The van der Waals surface area contributed by atoms with Crippen molar-refractivity contribution in [2.24, 2.45) is 0 Å². The minimum atomic E-state index is 0.0795. The average Bonchev–Trinajstić information content (AvgIpc) is 2.96. The molecule has 130 valence electrons. The lowest BCUT2D eigenvalue weighted by Gasteiger charge is -2.16. The Hall–Kier alpha value is -2.31. The van der Waals surface area contributed by atoms with Gasteiger partial charge in [-0.2, -0.15) is 5.10 Å². The van der Waals surface area contributed by atoms with Crippen LogP contribution in [0.4, 0.5) is 0 Å². The van der Waals surface area contributed by atoms with E-state index < -0.39 is 0 Å². The molecule has 0 atom stereocenters. The van der Waals surface area contributed by atoms with E-state index in [1.165, 1.54) is 0 Å². The Bertz CT molecular complexity index is 905. The fourth-order valence-corrected chi connectivity index (χ4v) is 2.84. The molecule has 0 amide bonds. The van der Waals surface area contributed by atoms with Crippen molar-refractivity contribution in [1.82, 2.24) is 14.9 Å². The first kappa shape index (κ1) is 17.5. The van der Waals surface area contributed by atoms with Crippen LogP contribution in [-0.4, -0.2) is 21.0 Å². The summed E-state index contributed by atoms with van der Waals surface area (Å²) >= 11 is 11.5. The second-order valence-corrected chi connectivity index (χ2v) is 6.63. The Morgan fingerprint density at radius 1 is 1.24 bits per heavy atom. The molecule has 2 aromatic carbocycles. The van der Waals surface area contributed by atoms with Gasteiger partial charge in [0.2, 0.25) is 4.77 Å². The number of nitrogens with one attached hydrogen (secondary N) is 2. The Labute approximate surface area is 156 Å². The van der Waals surface area contributed by atoms with Crippen LogP contribution in [0, 0.1) is 4.77 Å². The van der Waals surface area contributed by atoms with E-state index in [0.717, 1.165) is 22.7 Å². The van der Waals surface area contributed by atoms with E-state index in [1.807, 2.05) is 62.4 Å². The summed E-state index contributed by atoms with van der Waals surface area (Å²) in [5, 5.41) is 7.80. The summed E-state index contributed by atoms with van der Waals surface area (Å²) in [6.07, 6.45) is 0.0795. The van der Waals surface area contributed by atoms with Gasteiger partial charge in [0.25, 0.3) is 0 Å². The van der Waals surface area contributed by atoms with Crippen molar-refractivity contribution in [3.05, 3.63) is 63.9 Å². The normalized spacial score (nSPS) is 10.9. The van der Waals surface area contributed by atoms with Gasteiger partial charge >= 0.3 is 0 Å². The van der Waals surface area contributed by atoms with Crippen LogP contribution in [0.1, 0.15) is 19.4 Å². The lowest BCUT2D eigenvalue weighted by Crippen LogP contribution is -2.17. The third-order valence-corrected chi connectivity index (χ3v) is 4.03. The number of benzene rings is 2. The van der Waals surface area contributed by atoms with Crippen molar-refractivity contribution in [3.63, 3.8) is 0 Å². The Morgan fingerprint density at radius 2 is 2.00 bits per heavy atom. The van der Waals surface area contributed by atoms with Gasteiger partial charge in [-0.1, -0.05) is 41.9 Å². The first-order valence-electron chi connectivity index (χ1n) is 7.96. The number of H-pyrrole nitrogens is 1. The molecule has 0 radical (unpaired) electrons. The molecule has 0 aliphatic rings. The molecule has 0 spiro atoms. The average molecular weight is 375 g/mol. The van der Waals surface area contributed by atoms with Crippen molar-refractivity contribution in [2.75, 3.05) is 5.43 Å². The minimum absolute atomic E-state index is 0.0795. The largest absolute Gasteiger partial charge is 0.491 e. The second-order valence-electron chi connectivity index (χ2n) is 5.81. The highest BCUT2D eigenvalue weighted by atomic mass is 35.5. The molecular weight excluding hydrogens is 356 g/mol. The molecule has 25 heavy (non-hydrogen) atoms. The summed E-state index contributed by atoms with van der Waals surface area (Å²) in [4.78, 5) is 0. The predicted molar refractivity (Wildman–Crippen MR) is 103 cm³/mol. The van der Waals surface area contributed by atoms with Crippen LogP contribution in [0.2, 0.25) is 5.02 Å². The Balaban J connectivity index is 1.87.